The van der Waals surface area contributed by atoms with Gasteiger partial charge < -0.3 is 5.32 Å². The van der Waals surface area contributed by atoms with Crippen molar-refractivity contribution in [3.63, 3.8) is 0 Å². The van der Waals surface area contributed by atoms with Crippen LogP contribution in [0.5, 0.6) is 0 Å². The van der Waals surface area contributed by atoms with Gasteiger partial charge in [0.25, 0.3) is 0 Å². The molecule has 1 aromatic heterocycles. The summed E-state index contributed by atoms with van der Waals surface area (Å²) in [6, 6.07) is 6.28. The van der Waals surface area contributed by atoms with Gasteiger partial charge >= 0.3 is 0 Å². The number of halogens is 1. The summed E-state index contributed by atoms with van der Waals surface area (Å²) in [4.78, 5) is 0. The van der Waals surface area contributed by atoms with Crippen LogP contribution >= 0.6 is 27.3 Å². The number of nitrogens with zero attached hydrogens (tertiary/aromatic N) is 2. The van der Waals surface area contributed by atoms with Crippen molar-refractivity contribution in [2.45, 2.75) is 26.8 Å². The first-order valence-electron chi connectivity index (χ1n) is 6.00. The minimum atomic E-state index is 0.801. The van der Waals surface area contributed by atoms with E-state index in [1.54, 1.807) is 11.3 Å². The SMILES string of the molecule is CCCNCc1nnc(-c2ccc(C)cc2Br)s1. The first kappa shape index (κ1) is 13.6. The van der Waals surface area contributed by atoms with Gasteiger partial charge in [-0.3, -0.25) is 0 Å². The predicted molar refractivity (Wildman–Crippen MR) is 79.8 cm³/mol. The number of hydrogen-bond acceptors (Lipinski definition) is 4. The van der Waals surface area contributed by atoms with E-state index in [1.807, 2.05) is 0 Å². The molecule has 0 unspecified atom stereocenters. The number of nitrogens with one attached hydrogen (secondary N) is 1. The number of aryl methyl sites for hydroxylation is 1. The normalized spacial score (nSPS) is 10.8. The van der Waals surface area contributed by atoms with E-state index in [4.69, 9.17) is 0 Å². The van der Waals surface area contributed by atoms with Crippen LogP contribution < -0.4 is 5.32 Å². The lowest BCUT2D eigenvalue weighted by molar-refractivity contribution is 0.668. The van der Waals surface area contributed by atoms with Gasteiger partial charge in [-0.15, -0.1) is 10.2 Å². The Morgan fingerprint density at radius 3 is 2.89 bits per heavy atom. The summed E-state index contributed by atoms with van der Waals surface area (Å²) in [7, 11) is 0. The van der Waals surface area contributed by atoms with Crippen LogP contribution in [0.15, 0.2) is 22.7 Å². The molecule has 0 aliphatic carbocycles. The lowest BCUT2D eigenvalue weighted by atomic mass is 10.2. The van der Waals surface area contributed by atoms with Gasteiger partial charge in [-0.2, -0.15) is 0 Å². The second-order valence-corrected chi connectivity index (χ2v) is 6.08. The maximum atomic E-state index is 4.25. The third-order valence-corrected chi connectivity index (χ3v) is 4.14. The largest absolute Gasteiger partial charge is 0.310 e. The monoisotopic (exact) mass is 325 g/mol. The molecule has 18 heavy (non-hydrogen) atoms. The van der Waals surface area contributed by atoms with Gasteiger partial charge in [0.05, 0.1) is 0 Å². The number of hydrogen-bond donors (Lipinski definition) is 1. The topological polar surface area (TPSA) is 37.8 Å². The minimum absolute atomic E-state index is 0.801. The molecular formula is C13H16BrN3S. The molecule has 0 bridgehead atoms. The fraction of sp³-hybridized carbons (Fsp3) is 0.385. The van der Waals surface area contributed by atoms with E-state index in [-0.39, 0.29) is 0 Å². The van der Waals surface area contributed by atoms with Crippen LogP contribution in [0.4, 0.5) is 0 Å². The third-order valence-electron chi connectivity index (χ3n) is 2.52. The van der Waals surface area contributed by atoms with E-state index in [0.29, 0.717) is 0 Å². The molecule has 1 aromatic carbocycles. The van der Waals surface area contributed by atoms with Crippen LogP contribution in [0, 0.1) is 6.92 Å². The quantitative estimate of drug-likeness (QED) is 0.850. The van der Waals surface area contributed by atoms with Gasteiger partial charge in [0.1, 0.15) is 10.0 Å². The number of benzene rings is 1. The van der Waals surface area contributed by atoms with Crippen LogP contribution in [0.3, 0.4) is 0 Å². The predicted octanol–water partition coefficient (Wildman–Crippen LogP) is 3.78. The van der Waals surface area contributed by atoms with Crippen molar-refractivity contribution in [1.29, 1.82) is 0 Å². The van der Waals surface area contributed by atoms with Crippen LogP contribution in [-0.4, -0.2) is 16.7 Å². The van der Waals surface area contributed by atoms with Crippen molar-refractivity contribution in [3.05, 3.63) is 33.2 Å². The summed E-state index contributed by atoms with van der Waals surface area (Å²) in [6.07, 6.45) is 1.13. The number of rotatable bonds is 5. The van der Waals surface area contributed by atoms with Crippen molar-refractivity contribution in [2.75, 3.05) is 6.54 Å². The molecule has 1 heterocycles. The average molecular weight is 326 g/mol. The van der Waals surface area contributed by atoms with E-state index in [1.165, 1.54) is 5.56 Å². The van der Waals surface area contributed by atoms with E-state index < -0.39 is 0 Å². The lowest BCUT2D eigenvalue weighted by Gasteiger charge is -2.00. The molecule has 0 amide bonds. The van der Waals surface area contributed by atoms with E-state index in [2.05, 4.69) is 63.5 Å². The molecule has 0 atom stereocenters. The molecule has 2 aromatic rings. The van der Waals surface area contributed by atoms with Gasteiger partial charge in [0.2, 0.25) is 0 Å². The molecule has 0 spiro atoms. The van der Waals surface area contributed by atoms with Gasteiger partial charge in [0, 0.05) is 16.6 Å². The van der Waals surface area contributed by atoms with Crippen LogP contribution in [0.25, 0.3) is 10.6 Å². The van der Waals surface area contributed by atoms with Crippen LogP contribution in [0.2, 0.25) is 0 Å². The summed E-state index contributed by atoms with van der Waals surface area (Å²) < 4.78 is 1.08. The van der Waals surface area contributed by atoms with Crippen molar-refractivity contribution in [2.24, 2.45) is 0 Å². The van der Waals surface area contributed by atoms with Gasteiger partial charge in [-0.1, -0.05) is 46.3 Å². The molecule has 1 N–H and O–H groups in total. The molecule has 96 valence electrons. The average Bonchev–Trinajstić information content (AvgIpc) is 2.78. The second-order valence-electron chi connectivity index (χ2n) is 4.16. The summed E-state index contributed by atoms with van der Waals surface area (Å²) in [5, 5.41) is 13.8. The number of aromatic nitrogens is 2. The second kappa shape index (κ2) is 6.41. The van der Waals surface area contributed by atoms with Crippen molar-refractivity contribution >= 4 is 27.3 Å². The highest BCUT2D eigenvalue weighted by molar-refractivity contribution is 9.10. The summed E-state index contributed by atoms with van der Waals surface area (Å²) in [6.45, 7) is 6.05. The van der Waals surface area contributed by atoms with Crippen molar-refractivity contribution in [3.8, 4) is 10.6 Å². The minimum Gasteiger partial charge on any atom is -0.310 e. The van der Waals surface area contributed by atoms with Crippen LogP contribution in [-0.2, 0) is 6.54 Å². The molecule has 0 aliphatic heterocycles. The Morgan fingerprint density at radius 1 is 1.33 bits per heavy atom. The van der Waals surface area contributed by atoms with Gasteiger partial charge in [0.15, 0.2) is 0 Å². The Balaban J connectivity index is 2.13. The highest BCUT2D eigenvalue weighted by atomic mass is 79.9. The third kappa shape index (κ3) is 3.37. The molecule has 0 aliphatic rings. The fourth-order valence-electron chi connectivity index (χ4n) is 1.60. The zero-order valence-electron chi connectivity index (χ0n) is 10.5. The van der Waals surface area contributed by atoms with E-state index in [9.17, 15) is 0 Å². The zero-order valence-corrected chi connectivity index (χ0v) is 12.9. The molecule has 2 rings (SSSR count). The van der Waals surface area contributed by atoms with Gasteiger partial charge in [-0.25, -0.2) is 0 Å². The Bertz CT molecular complexity index is 525. The summed E-state index contributed by atoms with van der Waals surface area (Å²) in [5.41, 5.74) is 2.35. The molecule has 0 saturated heterocycles. The molecule has 0 radical (unpaired) electrons. The maximum Gasteiger partial charge on any atom is 0.148 e. The highest BCUT2D eigenvalue weighted by Gasteiger charge is 2.09. The Hall–Kier alpha value is -0.780. The Morgan fingerprint density at radius 2 is 2.17 bits per heavy atom. The Labute approximate surface area is 120 Å². The maximum absolute atomic E-state index is 4.25. The first-order valence-corrected chi connectivity index (χ1v) is 7.61. The molecule has 3 nitrogen and oxygen atoms in total. The van der Waals surface area contributed by atoms with E-state index >= 15 is 0 Å². The highest BCUT2D eigenvalue weighted by Crippen LogP contribution is 2.31. The van der Waals surface area contributed by atoms with Crippen molar-refractivity contribution < 1.29 is 0 Å². The summed E-state index contributed by atoms with van der Waals surface area (Å²) in [5.74, 6) is 0. The zero-order chi connectivity index (χ0) is 13.0. The fourth-order valence-corrected chi connectivity index (χ4v) is 3.26. The Kier molecular flexibility index (Phi) is 4.86. The van der Waals surface area contributed by atoms with Gasteiger partial charge in [-0.05, 0) is 31.5 Å². The van der Waals surface area contributed by atoms with E-state index in [0.717, 1.165) is 39.6 Å². The standard InChI is InChI=1S/C13H16BrN3S/c1-3-6-15-8-12-16-17-13(18-12)10-5-4-9(2)7-11(10)14/h4-5,7,15H,3,6,8H2,1-2H3. The molecule has 5 heteroatoms. The smallest absolute Gasteiger partial charge is 0.148 e. The molecular weight excluding hydrogens is 310 g/mol. The molecule has 0 saturated carbocycles. The van der Waals surface area contributed by atoms with Crippen molar-refractivity contribution in [1.82, 2.24) is 15.5 Å². The summed E-state index contributed by atoms with van der Waals surface area (Å²) >= 11 is 5.22. The molecule has 0 fully saturated rings. The lowest BCUT2D eigenvalue weighted by Crippen LogP contribution is -2.13. The first-order chi connectivity index (χ1) is 8.70. The van der Waals surface area contributed by atoms with Crippen LogP contribution in [0.1, 0.15) is 23.9 Å².